The molecule has 0 saturated carbocycles. The van der Waals surface area contributed by atoms with E-state index in [1.807, 2.05) is 27.7 Å². The zero-order valence-electron chi connectivity index (χ0n) is 9.33. The molecule has 0 aliphatic carbocycles. The third-order valence-electron chi connectivity index (χ3n) is 1.64. The van der Waals surface area contributed by atoms with Crippen molar-refractivity contribution in [2.75, 3.05) is 5.75 Å². The fraction of sp³-hybridized carbons (Fsp3) is 0.889. The molecule has 0 heterocycles. The Kier molecular flexibility index (Phi) is 5.48. The second-order valence-corrected chi connectivity index (χ2v) is 5.60. The van der Waals surface area contributed by atoms with Crippen LogP contribution < -0.4 is 17.0 Å². The summed E-state index contributed by atoms with van der Waals surface area (Å²) in [6.45, 7) is 7.88. The predicted molar refractivity (Wildman–Crippen MR) is 61.7 cm³/mol. The Bertz CT molecular complexity index is 189. The maximum Gasteiger partial charge on any atom is 0.247 e. The third-order valence-corrected chi connectivity index (χ3v) is 3.67. The zero-order valence-corrected chi connectivity index (χ0v) is 10.1. The van der Waals surface area contributed by atoms with Gasteiger partial charge < -0.3 is 5.73 Å². The van der Waals surface area contributed by atoms with E-state index in [4.69, 9.17) is 11.6 Å². The highest BCUT2D eigenvalue weighted by Gasteiger charge is 2.24. The Morgan fingerprint density at radius 1 is 1.50 bits per heavy atom. The van der Waals surface area contributed by atoms with Crippen LogP contribution in [-0.2, 0) is 4.79 Å². The number of rotatable bonds is 5. The Morgan fingerprint density at radius 2 is 2.00 bits per heavy atom. The highest BCUT2D eigenvalue weighted by molar-refractivity contribution is 8.00. The number of nitrogens with two attached hydrogens (primary N) is 2. The lowest BCUT2D eigenvalue weighted by molar-refractivity contribution is -0.121. The van der Waals surface area contributed by atoms with Crippen molar-refractivity contribution in [2.24, 2.45) is 17.5 Å². The van der Waals surface area contributed by atoms with Crippen LogP contribution in [0.5, 0.6) is 0 Å². The zero-order chi connectivity index (χ0) is 11.4. The molecular weight excluding hydrogens is 198 g/mol. The van der Waals surface area contributed by atoms with Crippen LogP contribution in [0.4, 0.5) is 0 Å². The molecule has 14 heavy (non-hydrogen) atoms. The molecule has 0 bridgehead atoms. The first-order valence-corrected chi connectivity index (χ1v) is 5.73. The molecule has 0 aromatic carbocycles. The van der Waals surface area contributed by atoms with Crippen molar-refractivity contribution in [3.05, 3.63) is 0 Å². The molecule has 0 aliphatic rings. The molecule has 1 unspecified atom stereocenters. The highest BCUT2D eigenvalue weighted by atomic mass is 32.2. The van der Waals surface area contributed by atoms with Gasteiger partial charge in [-0.1, -0.05) is 13.8 Å². The van der Waals surface area contributed by atoms with E-state index in [-0.39, 0.29) is 22.6 Å². The predicted octanol–water partition coefficient (Wildman–Crippen LogP) is 0.471. The number of thioether (sulfide) groups is 1. The number of carbonyl (C=O) groups is 1. The van der Waals surface area contributed by atoms with Gasteiger partial charge in [-0.05, 0) is 19.8 Å². The fourth-order valence-electron chi connectivity index (χ4n) is 0.958. The summed E-state index contributed by atoms with van der Waals surface area (Å²) < 4.78 is 0. The maximum atomic E-state index is 11.4. The minimum Gasteiger partial charge on any atom is -0.325 e. The summed E-state index contributed by atoms with van der Waals surface area (Å²) in [5, 5.41) is -0.122. The summed E-state index contributed by atoms with van der Waals surface area (Å²) in [5.74, 6) is 5.97. The van der Waals surface area contributed by atoms with Crippen LogP contribution in [-0.4, -0.2) is 22.4 Å². The molecule has 0 aromatic rings. The van der Waals surface area contributed by atoms with Gasteiger partial charge in [0.05, 0.1) is 5.25 Å². The van der Waals surface area contributed by atoms with E-state index >= 15 is 0 Å². The standard InChI is InChI=1S/C9H21N3OS/c1-6(2)7(8(13)12-11)14-5-9(3,4)10/h6-7H,5,10-11H2,1-4H3,(H,12,13). The molecule has 1 atom stereocenters. The number of hydrogen-bond acceptors (Lipinski definition) is 4. The summed E-state index contributed by atoms with van der Waals surface area (Å²) in [4.78, 5) is 11.4. The van der Waals surface area contributed by atoms with E-state index in [9.17, 15) is 4.79 Å². The van der Waals surface area contributed by atoms with Gasteiger partial charge in [0.15, 0.2) is 0 Å². The first-order valence-electron chi connectivity index (χ1n) is 4.69. The van der Waals surface area contributed by atoms with Gasteiger partial charge in [-0.3, -0.25) is 10.2 Å². The molecule has 0 spiro atoms. The first kappa shape index (κ1) is 13.7. The van der Waals surface area contributed by atoms with Crippen molar-refractivity contribution >= 4 is 17.7 Å². The van der Waals surface area contributed by atoms with E-state index in [0.29, 0.717) is 0 Å². The Balaban J connectivity index is 4.18. The third kappa shape index (κ3) is 5.47. The van der Waals surface area contributed by atoms with Gasteiger partial charge >= 0.3 is 0 Å². The summed E-state index contributed by atoms with van der Waals surface area (Å²) in [6, 6.07) is 0. The summed E-state index contributed by atoms with van der Waals surface area (Å²) in [5.41, 5.74) is 7.77. The number of carbonyl (C=O) groups excluding carboxylic acids is 1. The molecule has 5 N–H and O–H groups in total. The maximum absolute atomic E-state index is 11.4. The topological polar surface area (TPSA) is 81.1 Å². The number of hydrogen-bond donors (Lipinski definition) is 3. The summed E-state index contributed by atoms with van der Waals surface area (Å²) in [7, 11) is 0. The van der Waals surface area contributed by atoms with Crippen molar-refractivity contribution < 1.29 is 4.79 Å². The van der Waals surface area contributed by atoms with Crippen molar-refractivity contribution in [2.45, 2.75) is 38.5 Å². The normalized spacial score (nSPS) is 14.2. The molecule has 1 amide bonds. The van der Waals surface area contributed by atoms with Crippen LogP contribution in [0.2, 0.25) is 0 Å². The second kappa shape index (κ2) is 5.58. The van der Waals surface area contributed by atoms with E-state index < -0.39 is 0 Å². The molecule has 0 fully saturated rings. The second-order valence-electron chi connectivity index (χ2n) is 4.47. The van der Waals surface area contributed by atoms with Crippen molar-refractivity contribution in [1.29, 1.82) is 0 Å². The number of hydrazine groups is 1. The monoisotopic (exact) mass is 219 g/mol. The Hall–Kier alpha value is -0.260. The quantitative estimate of drug-likeness (QED) is 0.357. The molecular formula is C9H21N3OS. The van der Waals surface area contributed by atoms with Crippen LogP contribution >= 0.6 is 11.8 Å². The highest BCUT2D eigenvalue weighted by Crippen LogP contribution is 2.22. The van der Waals surface area contributed by atoms with E-state index in [1.165, 1.54) is 0 Å². The molecule has 0 aliphatic heterocycles. The van der Waals surface area contributed by atoms with Crippen molar-refractivity contribution in [1.82, 2.24) is 5.43 Å². The lowest BCUT2D eigenvalue weighted by atomic mass is 10.1. The molecule has 84 valence electrons. The molecule has 0 rings (SSSR count). The van der Waals surface area contributed by atoms with E-state index in [2.05, 4.69) is 5.43 Å². The molecule has 0 saturated heterocycles. The van der Waals surface area contributed by atoms with Crippen LogP contribution in [0.15, 0.2) is 0 Å². The number of amides is 1. The molecule has 4 nitrogen and oxygen atoms in total. The van der Waals surface area contributed by atoms with E-state index in [0.717, 1.165) is 5.75 Å². The molecule has 5 heteroatoms. The van der Waals surface area contributed by atoms with Gasteiger partial charge in [0.1, 0.15) is 0 Å². The summed E-state index contributed by atoms with van der Waals surface area (Å²) in [6.07, 6.45) is 0. The van der Waals surface area contributed by atoms with Gasteiger partial charge in [0.2, 0.25) is 5.91 Å². The fourth-order valence-corrected chi connectivity index (χ4v) is 2.17. The van der Waals surface area contributed by atoms with Gasteiger partial charge in [-0.2, -0.15) is 0 Å². The first-order chi connectivity index (χ1) is 6.28. The molecule has 0 radical (unpaired) electrons. The Labute approximate surface area is 90.1 Å². The largest absolute Gasteiger partial charge is 0.325 e. The smallest absolute Gasteiger partial charge is 0.247 e. The lowest BCUT2D eigenvalue weighted by Gasteiger charge is -2.23. The van der Waals surface area contributed by atoms with Crippen LogP contribution in [0.3, 0.4) is 0 Å². The summed E-state index contributed by atoms with van der Waals surface area (Å²) >= 11 is 1.55. The minimum absolute atomic E-state index is 0.122. The van der Waals surface area contributed by atoms with Gasteiger partial charge in [0, 0.05) is 11.3 Å². The van der Waals surface area contributed by atoms with Crippen LogP contribution in [0.1, 0.15) is 27.7 Å². The van der Waals surface area contributed by atoms with Crippen LogP contribution in [0.25, 0.3) is 0 Å². The Morgan fingerprint density at radius 3 is 2.29 bits per heavy atom. The van der Waals surface area contributed by atoms with Crippen molar-refractivity contribution in [3.8, 4) is 0 Å². The van der Waals surface area contributed by atoms with Gasteiger partial charge in [-0.15, -0.1) is 11.8 Å². The van der Waals surface area contributed by atoms with Crippen molar-refractivity contribution in [3.63, 3.8) is 0 Å². The van der Waals surface area contributed by atoms with Gasteiger partial charge in [-0.25, -0.2) is 5.84 Å². The number of nitrogens with one attached hydrogen (secondary N) is 1. The van der Waals surface area contributed by atoms with Gasteiger partial charge in [0.25, 0.3) is 0 Å². The molecule has 0 aromatic heterocycles. The average Bonchev–Trinajstić information content (AvgIpc) is 2.01. The van der Waals surface area contributed by atoms with Crippen LogP contribution in [0, 0.1) is 5.92 Å². The lowest BCUT2D eigenvalue weighted by Crippen LogP contribution is -2.42. The minimum atomic E-state index is -0.257. The van der Waals surface area contributed by atoms with E-state index in [1.54, 1.807) is 11.8 Å². The average molecular weight is 219 g/mol. The SMILES string of the molecule is CC(C)C(SCC(C)(C)N)C(=O)NN.